The number of anilines is 1. The van der Waals surface area contributed by atoms with E-state index in [0.717, 1.165) is 24.2 Å². The molecule has 1 heterocycles. The van der Waals surface area contributed by atoms with Crippen LogP contribution >= 0.6 is 0 Å². The summed E-state index contributed by atoms with van der Waals surface area (Å²) >= 11 is 0. The average molecular weight is 273 g/mol. The lowest BCUT2D eigenvalue weighted by Gasteiger charge is -2.11. The van der Waals surface area contributed by atoms with Crippen LogP contribution in [0.15, 0.2) is 36.5 Å². The fourth-order valence-corrected chi connectivity index (χ4v) is 1.79. The number of nitrogens with zero attached hydrogens (tertiary/aromatic N) is 3. The third-order valence-corrected chi connectivity index (χ3v) is 3.01. The number of aromatic nitrogens is 3. The molecule has 0 aliphatic heterocycles. The van der Waals surface area contributed by atoms with Crippen molar-refractivity contribution >= 4 is 11.6 Å². The van der Waals surface area contributed by atoms with Crippen molar-refractivity contribution in [2.24, 2.45) is 5.73 Å². The molecule has 0 bridgehead atoms. The summed E-state index contributed by atoms with van der Waals surface area (Å²) < 4.78 is 1.57. The molecule has 0 spiro atoms. The Bertz CT molecular complexity index is 552. The molecule has 1 amide bonds. The Kier molecular flexibility index (Phi) is 4.84. The molecule has 2 aromatic rings. The molecule has 0 fully saturated rings. The lowest BCUT2D eigenvalue weighted by atomic mass is 10.2. The summed E-state index contributed by atoms with van der Waals surface area (Å²) in [5, 5.41) is 10.9. The van der Waals surface area contributed by atoms with Crippen LogP contribution in [0.2, 0.25) is 0 Å². The number of carbonyl (C=O) groups excluding carboxylic acids is 1. The molecule has 1 atom stereocenters. The Morgan fingerprint density at radius 2 is 2.15 bits per heavy atom. The zero-order valence-corrected chi connectivity index (χ0v) is 11.5. The topological polar surface area (TPSA) is 85.8 Å². The Hall–Kier alpha value is -2.21. The SMILES string of the molecule is CC(C(=O)Nc1ccccc1)n1cc(CCCN)nn1. The Labute approximate surface area is 118 Å². The fraction of sp³-hybridized carbons (Fsp3) is 0.357. The highest BCUT2D eigenvalue weighted by Crippen LogP contribution is 2.11. The molecule has 3 N–H and O–H groups in total. The number of para-hydroxylation sites is 1. The van der Waals surface area contributed by atoms with Gasteiger partial charge in [0.1, 0.15) is 6.04 Å². The van der Waals surface area contributed by atoms with Gasteiger partial charge in [-0.3, -0.25) is 4.79 Å². The van der Waals surface area contributed by atoms with E-state index < -0.39 is 6.04 Å². The Morgan fingerprint density at radius 1 is 1.40 bits per heavy atom. The summed E-state index contributed by atoms with van der Waals surface area (Å²) in [6, 6.07) is 8.94. The summed E-state index contributed by atoms with van der Waals surface area (Å²) in [6.07, 6.45) is 3.44. The van der Waals surface area contributed by atoms with Crippen LogP contribution in [0.4, 0.5) is 5.69 Å². The van der Waals surface area contributed by atoms with Crippen molar-refractivity contribution in [3.05, 3.63) is 42.2 Å². The maximum atomic E-state index is 12.1. The minimum absolute atomic E-state index is 0.119. The number of amides is 1. The van der Waals surface area contributed by atoms with Gasteiger partial charge in [0.2, 0.25) is 5.91 Å². The molecule has 0 radical (unpaired) electrons. The average Bonchev–Trinajstić information content (AvgIpc) is 2.94. The molecule has 106 valence electrons. The van der Waals surface area contributed by atoms with Gasteiger partial charge in [0, 0.05) is 11.9 Å². The van der Waals surface area contributed by atoms with Crippen molar-refractivity contribution < 1.29 is 4.79 Å². The molecule has 1 unspecified atom stereocenters. The summed E-state index contributed by atoms with van der Waals surface area (Å²) in [5.74, 6) is -0.119. The first kappa shape index (κ1) is 14.2. The van der Waals surface area contributed by atoms with Gasteiger partial charge in [-0.05, 0) is 38.4 Å². The number of rotatable bonds is 6. The molecule has 0 aliphatic carbocycles. The van der Waals surface area contributed by atoms with Crippen molar-refractivity contribution in [1.82, 2.24) is 15.0 Å². The molecule has 6 nitrogen and oxygen atoms in total. The summed E-state index contributed by atoms with van der Waals surface area (Å²) in [5.41, 5.74) is 7.09. The highest BCUT2D eigenvalue weighted by molar-refractivity contribution is 5.93. The molecular weight excluding hydrogens is 254 g/mol. The lowest BCUT2D eigenvalue weighted by Crippen LogP contribution is -2.24. The third kappa shape index (κ3) is 3.64. The number of hydrogen-bond donors (Lipinski definition) is 2. The number of benzene rings is 1. The van der Waals surface area contributed by atoms with E-state index in [0.29, 0.717) is 6.54 Å². The smallest absolute Gasteiger partial charge is 0.249 e. The van der Waals surface area contributed by atoms with Crippen molar-refractivity contribution in [3.8, 4) is 0 Å². The number of nitrogens with two attached hydrogens (primary N) is 1. The maximum absolute atomic E-state index is 12.1. The standard InChI is InChI=1S/C14H19N5O/c1-11(14(20)16-12-6-3-2-4-7-12)19-10-13(17-18-19)8-5-9-15/h2-4,6-7,10-11H,5,8-9,15H2,1H3,(H,16,20). The molecule has 0 saturated heterocycles. The molecule has 6 heteroatoms. The van der Waals surface area contributed by atoms with Crippen LogP contribution in [0, 0.1) is 0 Å². The van der Waals surface area contributed by atoms with Crippen LogP contribution in [0.25, 0.3) is 0 Å². The molecule has 0 aliphatic rings. The summed E-state index contributed by atoms with van der Waals surface area (Å²) in [7, 11) is 0. The molecule has 20 heavy (non-hydrogen) atoms. The van der Waals surface area contributed by atoms with E-state index in [1.807, 2.05) is 30.3 Å². The number of carbonyl (C=O) groups is 1. The highest BCUT2D eigenvalue weighted by atomic mass is 16.2. The zero-order valence-electron chi connectivity index (χ0n) is 11.5. The van der Waals surface area contributed by atoms with Crippen molar-refractivity contribution in [3.63, 3.8) is 0 Å². The van der Waals surface area contributed by atoms with E-state index in [1.54, 1.807) is 17.8 Å². The Morgan fingerprint density at radius 3 is 2.85 bits per heavy atom. The van der Waals surface area contributed by atoms with Gasteiger partial charge in [0.05, 0.1) is 5.69 Å². The van der Waals surface area contributed by atoms with Gasteiger partial charge in [-0.25, -0.2) is 4.68 Å². The number of hydrogen-bond acceptors (Lipinski definition) is 4. The van der Waals surface area contributed by atoms with E-state index in [4.69, 9.17) is 5.73 Å². The van der Waals surface area contributed by atoms with Crippen LogP contribution in [0.1, 0.15) is 25.1 Å². The third-order valence-electron chi connectivity index (χ3n) is 3.01. The van der Waals surface area contributed by atoms with Gasteiger partial charge < -0.3 is 11.1 Å². The molecule has 2 rings (SSSR count). The first-order valence-electron chi connectivity index (χ1n) is 6.67. The van der Waals surface area contributed by atoms with Gasteiger partial charge >= 0.3 is 0 Å². The predicted octanol–water partition coefficient (Wildman–Crippen LogP) is 1.37. The first-order chi connectivity index (χ1) is 9.70. The minimum Gasteiger partial charge on any atom is -0.330 e. The molecule has 1 aromatic heterocycles. The first-order valence-corrected chi connectivity index (χ1v) is 6.67. The predicted molar refractivity (Wildman–Crippen MR) is 77.2 cm³/mol. The van der Waals surface area contributed by atoms with Crippen molar-refractivity contribution in [2.45, 2.75) is 25.8 Å². The van der Waals surface area contributed by atoms with E-state index in [2.05, 4.69) is 15.6 Å². The number of nitrogens with one attached hydrogen (secondary N) is 1. The van der Waals surface area contributed by atoms with Crippen LogP contribution in [-0.2, 0) is 11.2 Å². The normalized spacial score (nSPS) is 12.1. The van der Waals surface area contributed by atoms with E-state index in [1.165, 1.54) is 0 Å². The molecule has 1 aromatic carbocycles. The minimum atomic E-state index is -0.408. The van der Waals surface area contributed by atoms with Crippen LogP contribution in [0.3, 0.4) is 0 Å². The summed E-state index contributed by atoms with van der Waals surface area (Å²) in [6.45, 7) is 2.41. The molecule has 0 saturated carbocycles. The number of aryl methyl sites for hydroxylation is 1. The second-order valence-corrected chi connectivity index (χ2v) is 4.61. The lowest BCUT2D eigenvalue weighted by molar-refractivity contribution is -0.119. The van der Waals surface area contributed by atoms with E-state index >= 15 is 0 Å². The zero-order chi connectivity index (χ0) is 14.4. The van der Waals surface area contributed by atoms with Gasteiger partial charge in [-0.2, -0.15) is 0 Å². The summed E-state index contributed by atoms with van der Waals surface area (Å²) in [4.78, 5) is 12.1. The quantitative estimate of drug-likeness (QED) is 0.832. The highest BCUT2D eigenvalue weighted by Gasteiger charge is 2.16. The van der Waals surface area contributed by atoms with E-state index in [9.17, 15) is 4.79 Å². The largest absolute Gasteiger partial charge is 0.330 e. The van der Waals surface area contributed by atoms with E-state index in [-0.39, 0.29) is 5.91 Å². The van der Waals surface area contributed by atoms with Gasteiger partial charge in [0.15, 0.2) is 0 Å². The van der Waals surface area contributed by atoms with Crippen LogP contribution in [0.5, 0.6) is 0 Å². The maximum Gasteiger partial charge on any atom is 0.249 e. The van der Waals surface area contributed by atoms with Gasteiger partial charge in [0.25, 0.3) is 0 Å². The van der Waals surface area contributed by atoms with Gasteiger partial charge in [-0.1, -0.05) is 23.4 Å². The van der Waals surface area contributed by atoms with Crippen LogP contribution in [-0.4, -0.2) is 27.4 Å². The monoisotopic (exact) mass is 273 g/mol. The second kappa shape index (κ2) is 6.81. The second-order valence-electron chi connectivity index (χ2n) is 4.61. The molecular formula is C14H19N5O. The van der Waals surface area contributed by atoms with Crippen LogP contribution < -0.4 is 11.1 Å². The van der Waals surface area contributed by atoms with Gasteiger partial charge in [-0.15, -0.1) is 5.10 Å². The van der Waals surface area contributed by atoms with Crippen molar-refractivity contribution in [1.29, 1.82) is 0 Å². The van der Waals surface area contributed by atoms with Crippen molar-refractivity contribution in [2.75, 3.05) is 11.9 Å². The Balaban J connectivity index is 1.97. The fourth-order valence-electron chi connectivity index (χ4n) is 1.79.